The Bertz CT molecular complexity index is 847. The Morgan fingerprint density at radius 2 is 1.96 bits per heavy atom. The van der Waals surface area contributed by atoms with Crippen molar-refractivity contribution in [2.75, 3.05) is 0 Å². The quantitative estimate of drug-likeness (QED) is 0.746. The normalized spacial score (nSPS) is 15.8. The first-order valence-corrected chi connectivity index (χ1v) is 10.5. The number of urea groups is 1. The van der Waals surface area contributed by atoms with Crippen LogP contribution in [0.25, 0.3) is 5.69 Å². The Hall–Kier alpha value is -2.42. The van der Waals surface area contributed by atoms with Crippen LogP contribution < -0.4 is 10.6 Å². The smallest absolute Gasteiger partial charge is 0.321 e. The van der Waals surface area contributed by atoms with Gasteiger partial charge in [-0.05, 0) is 61.2 Å². The molecule has 0 bridgehead atoms. The van der Waals surface area contributed by atoms with E-state index in [1.54, 1.807) is 11.6 Å². The first kappa shape index (κ1) is 20.3. The average molecular weight is 403 g/mol. The second-order valence-corrected chi connectivity index (χ2v) is 8.53. The van der Waals surface area contributed by atoms with Gasteiger partial charge in [-0.25, -0.2) is 4.79 Å². The van der Waals surface area contributed by atoms with Gasteiger partial charge in [0.25, 0.3) is 0 Å². The van der Waals surface area contributed by atoms with Gasteiger partial charge in [0, 0.05) is 6.04 Å². The molecule has 9 heteroatoms. The van der Waals surface area contributed by atoms with Gasteiger partial charge in [0.1, 0.15) is 0 Å². The number of hydrogen-bond acceptors (Lipinski definition) is 6. The zero-order chi connectivity index (χ0) is 20.1. The van der Waals surface area contributed by atoms with Crippen LogP contribution in [-0.2, 0) is 4.79 Å². The fourth-order valence-corrected chi connectivity index (χ4v) is 4.05. The summed E-state index contributed by atoms with van der Waals surface area (Å²) in [5, 5.41) is 17.2. The van der Waals surface area contributed by atoms with Crippen molar-refractivity contribution in [3.05, 3.63) is 29.3 Å². The lowest BCUT2D eigenvalue weighted by molar-refractivity contribution is -0.119. The highest BCUT2D eigenvalue weighted by molar-refractivity contribution is 8.00. The number of hydrogen-bond donors (Lipinski definition) is 2. The third kappa shape index (κ3) is 5.09. The molecule has 0 aliphatic heterocycles. The van der Waals surface area contributed by atoms with Crippen molar-refractivity contribution in [2.24, 2.45) is 0 Å². The molecule has 1 aliphatic rings. The molecule has 28 heavy (non-hydrogen) atoms. The number of imide groups is 1. The number of tetrazole rings is 1. The number of carbonyl (C=O) groups is 2. The maximum absolute atomic E-state index is 12.4. The molecule has 1 aromatic heterocycles. The van der Waals surface area contributed by atoms with E-state index in [1.807, 2.05) is 32.0 Å². The second kappa shape index (κ2) is 9.18. The number of rotatable bonds is 5. The Kier molecular flexibility index (Phi) is 6.66. The molecule has 1 saturated carbocycles. The van der Waals surface area contributed by atoms with E-state index >= 15 is 0 Å². The first-order valence-electron chi connectivity index (χ1n) is 9.58. The minimum Gasteiger partial charge on any atom is -0.335 e. The number of aryl methyl sites for hydroxylation is 2. The molecule has 0 saturated heterocycles. The van der Waals surface area contributed by atoms with E-state index in [-0.39, 0.29) is 11.9 Å². The second-order valence-electron chi connectivity index (χ2n) is 7.22. The lowest BCUT2D eigenvalue weighted by Crippen LogP contribution is -2.47. The van der Waals surface area contributed by atoms with Crippen molar-refractivity contribution >= 4 is 23.7 Å². The summed E-state index contributed by atoms with van der Waals surface area (Å²) in [5.41, 5.74) is 3.00. The highest BCUT2D eigenvalue weighted by Crippen LogP contribution is 2.25. The van der Waals surface area contributed by atoms with Gasteiger partial charge >= 0.3 is 6.03 Å². The van der Waals surface area contributed by atoms with Gasteiger partial charge in [-0.2, -0.15) is 4.68 Å². The number of aromatic nitrogens is 4. The van der Waals surface area contributed by atoms with Gasteiger partial charge in [0.15, 0.2) is 0 Å². The first-order chi connectivity index (χ1) is 13.4. The van der Waals surface area contributed by atoms with E-state index in [0.29, 0.717) is 5.16 Å². The van der Waals surface area contributed by atoms with E-state index in [2.05, 4.69) is 26.2 Å². The van der Waals surface area contributed by atoms with E-state index in [9.17, 15) is 9.59 Å². The van der Waals surface area contributed by atoms with E-state index in [4.69, 9.17) is 0 Å². The SMILES string of the molecule is Cc1ccc(C)c(-n2nnnc2S[C@@H](C)C(=O)NC(=O)NC2CCCCC2)c1. The third-order valence-electron chi connectivity index (χ3n) is 4.86. The zero-order valence-electron chi connectivity index (χ0n) is 16.4. The molecule has 2 N–H and O–H groups in total. The molecule has 8 nitrogen and oxygen atoms in total. The molecular formula is C19H26N6O2S. The fourth-order valence-electron chi connectivity index (χ4n) is 3.24. The van der Waals surface area contributed by atoms with Crippen LogP contribution in [0.3, 0.4) is 0 Å². The highest BCUT2D eigenvalue weighted by atomic mass is 32.2. The molecule has 1 fully saturated rings. The summed E-state index contributed by atoms with van der Waals surface area (Å²) in [6, 6.07) is 5.75. The minimum absolute atomic E-state index is 0.154. The number of thioether (sulfide) groups is 1. The summed E-state index contributed by atoms with van der Waals surface area (Å²) in [5.74, 6) is -0.367. The van der Waals surface area contributed by atoms with Crippen LogP contribution in [0.5, 0.6) is 0 Å². The molecule has 1 aliphatic carbocycles. The lowest BCUT2D eigenvalue weighted by atomic mass is 9.96. The number of benzene rings is 1. The molecule has 1 aromatic carbocycles. The maximum atomic E-state index is 12.4. The summed E-state index contributed by atoms with van der Waals surface area (Å²) in [6.07, 6.45) is 5.38. The molecule has 0 unspecified atom stereocenters. The van der Waals surface area contributed by atoms with Crippen molar-refractivity contribution in [3.8, 4) is 5.69 Å². The van der Waals surface area contributed by atoms with Crippen LogP contribution in [0.4, 0.5) is 4.79 Å². The van der Waals surface area contributed by atoms with Crippen LogP contribution >= 0.6 is 11.8 Å². The predicted octanol–water partition coefficient (Wildman–Crippen LogP) is 2.92. The molecular weight excluding hydrogens is 376 g/mol. The van der Waals surface area contributed by atoms with Crippen molar-refractivity contribution < 1.29 is 9.59 Å². The summed E-state index contributed by atoms with van der Waals surface area (Å²) < 4.78 is 1.62. The average Bonchev–Trinajstić information content (AvgIpc) is 3.12. The summed E-state index contributed by atoms with van der Waals surface area (Å²) in [6.45, 7) is 5.72. The number of nitrogens with one attached hydrogen (secondary N) is 2. The topological polar surface area (TPSA) is 102 Å². The molecule has 1 heterocycles. The maximum Gasteiger partial charge on any atom is 0.321 e. The van der Waals surface area contributed by atoms with Crippen molar-refractivity contribution in [1.29, 1.82) is 0 Å². The Morgan fingerprint density at radius 3 is 2.71 bits per heavy atom. The van der Waals surface area contributed by atoms with E-state index < -0.39 is 11.3 Å². The van der Waals surface area contributed by atoms with Gasteiger partial charge in [-0.15, -0.1) is 5.10 Å². The van der Waals surface area contributed by atoms with Gasteiger partial charge in [0.05, 0.1) is 10.9 Å². The van der Waals surface area contributed by atoms with Crippen LogP contribution in [0, 0.1) is 13.8 Å². The number of carbonyl (C=O) groups excluding carboxylic acids is 2. The zero-order valence-corrected chi connectivity index (χ0v) is 17.3. The summed E-state index contributed by atoms with van der Waals surface area (Å²) >= 11 is 1.22. The van der Waals surface area contributed by atoms with Crippen molar-refractivity contribution in [2.45, 2.75) is 69.3 Å². The van der Waals surface area contributed by atoms with Gasteiger partial charge in [0.2, 0.25) is 11.1 Å². The number of amides is 3. The fraction of sp³-hybridized carbons (Fsp3) is 0.526. The molecule has 150 valence electrons. The highest BCUT2D eigenvalue weighted by Gasteiger charge is 2.23. The monoisotopic (exact) mass is 402 g/mol. The standard InChI is InChI=1S/C19H26N6O2S/c1-12-9-10-13(2)16(11-12)25-19(22-23-24-25)28-14(3)17(26)21-18(27)20-15-7-5-4-6-8-15/h9-11,14-15H,4-8H2,1-3H3,(H2,20,21,26,27)/t14-/m0/s1. The van der Waals surface area contributed by atoms with Gasteiger partial charge < -0.3 is 5.32 Å². The lowest BCUT2D eigenvalue weighted by Gasteiger charge is -2.23. The molecule has 1 atom stereocenters. The third-order valence-corrected chi connectivity index (χ3v) is 5.90. The van der Waals surface area contributed by atoms with Crippen molar-refractivity contribution in [3.63, 3.8) is 0 Å². The largest absolute Gasteiger partial charge is 0.335 e. The Balaban J connectivity index is 1.61. The van der Waals surface area contributed by atoms with Crippen LogP contribution in [0.2, 0.25) is 0 Å². The van der Waals surface area contributed by atoms with Crippen molar-refractivity contribution in [1.82, 2.24) is 30.8 Å². The Morgan fingerprint density at radius 1 is 1.21 bits per heavy atom. The van der Waals surface area contributed by atoms with Gasteiger partial charge in [-0.1, -0.05) is 43.2 Å². The molecule has 0 radical (unpaired) electrons. The molecule has 2 aromatic rings. The predicted molar refractivity (Wildman–Crippen MR) is 107 cm³/mol. The Labute approximate surface area is 168 Å². The van der Waals surface area contributed by atoms with Gasteiger partial charge in [-0.3, -0.25) is 10.1 Å². The summed E-state index contributed by atoms with van der Waals surface area (Å²) in [4.78, 5) is 24.5. The minimum atomic E-state index is -0.521. The molecule has 3 rings (SSSR count). The van der Waals surface area contributed by atoms with E-state index in [1.165, 1.54) is 18.2 Å². The molecule has 3 amide bonds. The summed E-state index contributed by atoms with van der Waals surface area (Å²) in [7, 11) is 0. The number of nitrogens with zero attached hydrogens (tertiary/aromatic N) is 4. The van der Waals surface area contributed by atoms with Crippen LogP contribution in [0.15, 0.2) is 23.4 Å². The molecule has 0 spiro atoms. The van der Waals surface area contributed by atoms with Crippen LogP contribution in [-0.4, -0.2) is 43.4 Å². The van der Waals surface area contributed by atoms with Crippen LogP contribution in [0.1, 0.15) is 50.2 Å². The van der Waals surface area contributed by atoms with E-state index in [0.717, 1.165) is 42.5 Å².